The van der Waals surface area contributed by atoms with Crippen LogP contribution in [0.1, 0.15) is 34.0 Å². The quantitative estimate of drug-likeness (QED) is 0.257. The van der Waals surface area contributed by atoms with Gasteiger partial charge in [-0.15, -0.1) is 23.5 Å². The lowest BCUT2D eigenvalue weighted by Gasteiger charge is -2.53. The summed E-state index contributed by atoms with van der Waals surface area (Å²) < 4.78 is 0. The number of thioether (sulfide) groups is 2. The molecule has 3 aromatic rings. The predicted octanol–water partition coefficient (Wildman–Crippen LogP) is 3.78. The first kappa shape index (κ1) is 29.0. The van der Waals surface area contributed by atoms with Gasteiger partial charge in [0.15, 0.2) is 6.10 Å². The van der Waals surface area contributed by atoms with Crippen LogP contribution < -0.4 is 5.32 Å². The molecule has 214 valence electrons. The Labute approximate surface area is 248 Å². The molecule has 3 N–H and O–H groups in total. The first-order valence-corrected chi connectivity index (χ1v) is 15.6. The third-order valence-electron chi connectivity index (χ3n) is 7.95. The van der Waals surface area contributed by atoms with E-state index in [2.05, 4.69) is 5.32 Å². The van der Waals surface area contributed by atoms with E-state index in [1.807, 2.05) is 67.8 Å². The molecule has 8 nitrogen and oxygen atoms in total. The number of amides is 3. The molecule has 0 bridgehead atoms. The number of aliphatic hydroxyl groups excluding tert-OH is 1. The molecule has 2 saturated heterocycles. The van der Waals surface area contributed by atoms with Crippen molar-refractivity contribution in [3.63, 3.8) is 0 Å². The first-order chi connectivity index (χ1) is 19.7. The number of phenols is 1. The lowest BCUT2D eigenvalue weighted by Crippen LogP contribution is -2.73. The van der Waals surface area contributed by atoms with Gasteiger partial charge in [-0.25, -0.2) is 0 Å². The fourth-order valence-corrected chi connectivity index (χ4v) is 7.51. The van der Waals surface area contributed by atoms with Crippen molar-refractivity contribution in [2.75, 3.05) is 12.1 Å². The summed E-state index contributed by atoms with van der Waals surface area (Å²) in [5.74, 6) is -1.03. The average molecular weight is 592 g/mol. The highest BCUT2D eigenvalue weighted by atomic mass is 32.2. The topological polar surface area (TPSA) is 110 Å². The Bertz CT molecular complexity index is 1470. The molecule has 2 aliphatic heterocycles. The molecule has 0 aromatic heterocycles. The fraction of sp³-hybridized carbons (Fsp3) is 0.323. The van der Waals surface area contributed by atoms with Crippen LogP contribution in [0.4, 0.5) is 0 Å². The van der Waals surface area contributed by atoms with Crippen LogP contribution in [0.2, 0.25) is 0 Å². The number of fused-ring (bicyclic) bond motifs is 1. The average Bonchev–Trinajstić information content (AvgIpc) is 3.30. The van der Waals surface area contributed by atoms with E-state index in [0.717, 1.165) is 16.0 Å². The Morgan fingerprint density at radius 3 is 2.54 bits per heavy atom. The van der Waals surface area contributed by atoms with Gasteiger partial charge in [0.05, 0.1) is 11.9 Å². The van der Waals surface area contributed by atoms with Crippen LogP contribution in [0.3, 0.4) is 0 Å². The summed E-state index contributed by atoms with van der Waals surface area (Å²) in [5.41, 5.74) is 2.53. The van der Waals surface area contributed by atoms with Gasteiger partial charge in [-0.2, -0.15) is 0 Å². The number of nitrogens with one attached hydrogen (secondary N) is 1. The highest BCUT2D eigenvalue weighted by molar-refractivity contribution is 8.01. The number of carbonyl (C=O) groups is 3. The molecule has 3 aromatic carbocycles. The summed E-state index contributed by atoms with van der Waals surface area (Å²) >= 11 is 3.12. The van der Waals surface area contributed by atoms with Crippen LogP contribution in [0.15, 0.2) is 77.7 Å². The zero-order chi connectivity index (χ0) is 29.3. The Balaban J connectivity index is 1.35. The standard InChI is InChI=1S/C31H33N3O5S2/c1-19-22(13-9-14-24(19)35)28(37)32-23(16-20-10-5-4-6-11-20)26(36)29(38)33-18-41-31(2)27(33)30(39)34(31)17-21-12-7-8-15-25(21)40-3/h4-15,23,26-27,35-36H,16-18H2,1-3H3,(H,32,37)/t23-,26-,27+,31?/m0/s1. The minimum absolute atomic E-state index is 0.0181. The van der Waals surface area contributed by atoms with Crippen molar-refractivity contribution in [1.82, 2.24) is 15.1 Å². The summed E-state index contributed by atoms with van der Waals surface area (Å²) in [4.78, 5) is 44.1. The molecular formula is C31H33N3O5S2. The maximum absolute atomic E-state index is 13.8. The summed E-state index contributed by atoms with van der Waals surface area (Å²) in [7, 11) is 0. The SMILES string of the molecule is CSc1ccccc1CN1C(=O)[C@H]2N(C(=O)[C@@H](O)[C@H](Cc3ccccc3)NC(=O)c3cccc(O)c3C)CSC21C. The van der Waals surface area contributed by atoms with E-state index in [9.17, 15) is 24.6 Å². The Morgan fingerprint density at radius 2 is 1.80 bits per heavy atom. The second-order valence-electron chi connectivity index (χ2n) is 10.4. The largest absolute Gasteiger partial charge is 0.508 e. The monoisotopic (exact) mass is 591 g/mol. The number of aromatic hydroxyl groups is 1. The van der Waals surface area contributed by atoms with Gasteiger partial charge in [0.1, 0.15) is 16.7 Å². The van der Waals surface area contributed by atoms with Gasteiger partial charge < -0.3 is 25.3 Å². The van der Waals surface area contributed by atoms with Crippen LogP contribution >= 0.6 is 23.5 Å². The molecule has 3 amide bonds. The van der Waals surface area contributed by atoms with E-state index in [1.54, 1.807) is 35.7 Å². The van der Waals surface area contributed by atoms with E-state index in [0.29, 0.717) is 12.1 Å². The van der Waals surface area contributed by atoms with E-state index in [-0.39, 0.29) is 29.5 Å². The van der Waals surface area contributed by atoms with Crippen molar-refractivity contribution in [2.45, 2.75) is 54.8 Å². The van der Waals surface area contributed by atoms with Crippen LogP contribution in [0.25, 0.3) is 0 Å². The number of likely N-dealkylation sites (tertiary alicyclic amines) is 1. The number of hydrogen-bond donors (Lipinski definition) is 3. The van der Waals surface area contributed by atoms with E-state index in [4.69, 9.17) is 0 Å². The number of β-lactam (4-membered cyclic amide) rings is 1. The fourth-order valence-electron chi connectivity index (χ4n) is 5.53. The number of rotatable bonds is 9. The van der Waals surface area contributed by atoms with Crippen LogP contribution in [-0.4, -0.2) is 72.9 Å². The Morgan fingerprint density at radius 1 is 1.10 bits per heavy atom. The number of hydrogen-bond acceptors (Lipinski definition) is 7. The molecule has 2 heterocycles. The lowest BCUT2D eigenvalue weighted by atomic mass is 9.92. The normalized spacial score (nSPS) is 21.2. The van der Waals surface area contributed by atoms with Crippen molar-refractivity contribution < 1.29 is 24.6 Å². The molecule has 0 radical (unpaired) electrons. The molecule has 4 atom stereocenters. The molecule has 2 fully saturated rings. The highest BCUT2D eigenvalue weighted by Gasteiger charge is 2.65. The van der Waals surface area contributed by atoms with Gasteiger partial charge in [-0.1, -0.05) is 54.6 Å². The smallest absolute Gasteiger partial charge is 0.255 e. The zero-order valence-corrected chi connectivity index (χ0v) is 24.7. The van der Waals surface area contributed by atoms with Crippen LogP contribution in [-0.2, 0) is 22.6 Å². The number of benzene rings is 3. The first-order valence-electron chi connectivity index (χ1n) is 13.3. The molecule has 41 heavy (non-hydrogen) atoms. The number of carbonyl (C=O) groups excluding carboxylic acids is 3. The van der Waals surface area contributed by atoms with Gasteiger partial charge >= 0.3 is 0 Å². The molecule has 0 saturated carbocycles. The minimum atomic E-state index is -1.58. The summed E-state index contributed by atoms with van der Waals surface area (Å²) in [5, 5.41) is 24.3. The number of nitrogens with zero attached hydrogens (tertiary/aromatic N) is 2. The van der Waals surface area contributed by atoms with Gasteiger partial charge in [0.2, 0.25) is 5.91 Å². The second kappa shape index (κ2) is 11.8. The van der Waals surface area contributed by atoms with Crippen molar-refractivity contribution in [3.8, 4) is 5.75 Å². The summed E-state index contributed by atoms with van der Waals surface area (Å²) in [6.07, 6.45) is 0.616. The van der Waals surface area contributed by atoms with Gasteiger partial charge in [-0.3, -0.25) is 14.4 Å². The number of aliphatic hydroxyl groups is 1. The molecular weight excluding hydrogens is 558 g/mol. The van der Waals surface area contributed by atoms with Crippen LogP contribution in [0.5, 0.6) is 5.75 Å². The second-order valence-corrected chi connectivity index (χ2v) is 12.7. The van der Waals surface area contributed by atoms with Crippen molar-refractivity contribution in [3.05, 3.63) is 95.1 Å². The molecule has 0 spiro atoms. The molecule has 2 aliphatic rings. The predicted molar refractivity (Wildman–Crippen MR) is 161 cm³/mol. The van der Waals surface area contributed by atoms with Gasteiger partial charge in [0, 0.05) is 22.6 Å². The molecule has 10 heteroatoms. The van der Waals surface area contributed by atoms with Gasteiger partial charge in [-0.05, 0) is 55.9 Å². The molecule has 0 aliphatic carbocycles. The third kappa shape index (κ3) is 5.43. The van der Waals surface area contributed by atoms with Crippen LogP contribution in [0, 0.1) is 6.92 Å². The van der Waals surface area contributed by atoms with E-state index < -0.39 is 34.9 Å². The zero-order valence-electron chi connectivity index (χ0n) is 23.1. The number of phenolic OH excluding ortho intramolecular Hbond substituents is 1. The summed E-state index contributed by atoms with van der Waals surface area (Å²) in [6.45, 7) is 4.03. The molecule has 5 rings (SSSR count). The minimum Gasteiger partial charge on any atom is -0.508 e. The van der Waals surface area contributed by atoms with E-state index >= 15 is 0 Å². The Kier molecular flexibility index (Phi) is 8.35. The maximum atomic E-state index is 13.8. The van der Waals surface area contributed by atoms with Gasteiger partial charge in [0.25, 0.3) is 11.8 Å². The summed E-state index contributed by atoms with van der Waals surface area (Å²) in [6, 6.07) is 20.2. The van der Waals surface area contributed by atoms with E-state index in [1.165, 1.54) is 22.7 Å². The maximum Gasteiger partial charge on any atom is 0.255 e. The highest BCUT2D eigenvalue weighted by Crippen LogP contribution is 2.51. The van der Waals surface area contributed by atoms with Crippen molar-refractivity contribution in [1.29, 1.82) is 0 Å². The lowest BCUT2D eigenvalue weighted by molar-refractivity contribution is -0.168. The molecule has 1 unspecified atom stereocenters. The van der Waals surface area contributed by atoms with Crippen molar-refractivity contribution >= 4 is 41.2 Å². The third-order valence-corrected chi connectivity index (χ3v) is 10.2. The van der Waals surface area contributed by atoms with Crippen molar-refractivity contribution in [2.24, 2.45) is 0 Å². The Hall–Kier alpha value is -3.47.